The van der Waals surface area contributed by atoms with E-state index in [4.69, 9.17) is 13.9 Å². The van der Waals surface area contributed by atoms with E-state index in [1.54, 1.807) is 7.11 Å². The first-order valence-corrected chi connectivity index (χ1v) is 6.95. The number of aromatic nitrogens is 2. The summed E-state index contributed by atoms with van der Waals surface area (Å²) in [5.74, 6) is 0.892. The molecule has 20 heavy (non-hydrogen) atoms. The second-order valence-corrected chi connectivity index (χ2v) is 5.32. The maximum absolute atomic E-state index is 11.4. The molecular formula is C13H12N2O4S. The molecule has 1 saturated heterocycles. The predicted molar refractivity (Wildman–Crippen MR) is 71.5 cm³/mol. The molecule has 0 aliphatic carbocycles. The lowest BCUT2D eigenvalue weighted by molar-refractivity contribution is -0.137. The number of hydrogen-bond donors (Lipinski definition) is 0. The van der Waals surface area contributed by atoms with Crippen LogP contribution in [0, 0.1) is 0 Å². The number of ether oxygens (including phenoxy) is 2. The van der Waals surface area contributed by atoms with Gasteiger partial charge >= 0.3 is 5.97 Å². The summed E-state index contributed by atoms with van der Waals surface area (Å²) in [6, 6.07) is 7.35. The molecular weight excluding hydrogens is 280 g/mol. The molecule has 0 N–H and O–H groups in total. The molecule has 1 aromatic carbocycles. The quantitative estimate of drug-likeness (QED) is 0.799. The molecule has 1 aliphatic rings. The maximum Gasteiger partial charge on any atom is 0.319 e. The zero-order valence-electron chi connectivity index (χ0n) is 10.7. The van der Waals surface area contributed by atoms with Crippen molar-refractivity contribution in [2.75, 3.05) is 13.7 Å². The molecule has 104 valence electrons. The van der Waals surface area contributed by atoms with Gasteiger partial charge in [-0.1, -0.05) is 6.07 Å². The Balaban J connectivity index is 1.77. The van der Waals surface area contributed by atoms with E-state index in [1.165, 1.54) is 11.8 Å². The highest BCUT2D eigenvalue weighted by Crippen LogP contribution is 2.31. The van der Waals surface area contributed by atoms with E-state index >= 15 is 0 Å². The van der Waals surface area contributed by atoms with E-state index in [2.05, 4.69) is 10.2 Å². The lowest BCUT2D eigenvalue weighted by Crippen LogP contribution is -2.09. The van der Waals surface area contributed by atoms with Crippen LogP contribution in [0.3, 0.4) is 0 Å². The van der Waals surface area contributed by atoms with E-state index in [9.17, 15) is 4.79 Å². The van der Waals surface area contributed by atoms with Crippen LogP contribution in [0.25, 0.3) is 11.5 Å². The predicted octanol–water partition coefficient (Wildman–Crippen LogP) is 2.15. The fraction of sp³-hybridized carbons (Fsp3) is 0.308. The van der Waals surface area contributed by atoms with Crippen molar-refractivity contribution >= 4 is 17.7 Å². The third-order valence-corrected chi connectivity index (χ3v) is 3.93. The monoisotopic (exact) mass is 292 g/mol. The number of methoxy groups -OCH3 is 1. The van der Waals surface area contributed by atoms with Crippen molar-refractivity contribution in [3.63, 3.8) is 0 Å². The molecule has 1 aliphatic heterocycles. The van der Waals surface area contributed by atoms with Crippen molar-refractivity contribution < 1.29 is 18.7 Å². The topological polar surface area (TPSA) is 74.5 Å². The van der Waals surface area contributed by atoms with E-state index in [1.807, 2.05) is 24.3 Å². The number of nitrogens with zero attached hydrogens (tertiary/aromatic N) is 2. The molecule has 0 bridgehead atoms. The van der Waals surface area contributed by atoms with E-state index in [-0.39, 0.29) is 11.2 Å². The average molecular weight is 292 g/mol. The summed E-state index contributed by atoms with van der Waals surface area (Å²) >= 11 is 1.24. The Morgan fingerprint density at radius 3 is 3.05 bits per heavy atom. The van der Waals surface area contributed by atoms with Gasteiger partial charge in [0.05, 0.1) is 13.7 Å². The molecule has 0 radical (unpaired) electrons. The average Bonchev–Trinajstić information content (AvgIpc) is 3.10. The minimum Gasteiger partial charge on any atom is -0.497 e. The Labute approximate surface area is 119 Å². The standard InChI is InChI=1S/C13H12N2O4S/c1-17-9-4-2-3-8(7-9)11-14-15-13(19-11)20-10-5-6-18-12(10)16/h2-4,7,10H,5-6H2,1H3. The third kappa shape index (κ3) is 2.62. The minimum absolute atomic E-state index is 0.226. The van der Waals surface area contributed by atoms with E-state index in [0.29, 0.717) is 29.9 Å². The smallest absolute Gasteiger partial charge is 0.319 e. The molecule has 1 aromatic heterocycles. The van der Waals surface area contributed by atoms with E-state index < -0.39 is 0 Å². The molecule has 6 nitrogen and oxygen atoms in total. The van der Waals surface area contributed by atoms with E-state index in [0.717, 1.165) is 5.56 Å². The van der Waals surface area contributed by atoms with Gasteiger partial charge in [0.15, 0.2) is 0 Å². The first kappa shape index (κ1) is 13.0. The first-order valence-electron chi connectivity index (χ1n) is 6.07. The first-order chi connectivity index (χ1) is 9.76. The number of esters is 1. The van der Waals surface area contributed by atoms with Crippen LogP contribution in [0.2, 0.25) is 0 Å². The Morgan fingerprint density at radius 2 is 2.30 bits per heavy atom. The molecule has 0 spiro atoms. The largest absolute Gasteiger partial charge is 0.497 e. The van der Waals surface area contributed by atoms with Crippen molar-refractivity contribution in [2.45, 2.75) is 16.9 Å². The molecule has 0 saturated carbocycles. The zero-order chi connectivity index (χ0) is 13.9. The van der Waals surface area contributed by atoms with Gasteiger partial charge in [0.1, 0.15) is 11.0 Å². The summed E-state index contributed by atoms with van der Waals surface area (Å²) < 4.78 is 15.6. The second kappa shape index (κ2) is 5.54. The highest BCUT2D eigenvalue weighted by molar-refractivity contribution is 8.00. The lowest BCUT2D eigenvalue weighted by Gasteiger charge is -2.01. The molecule has 2 heterocycles. The number of rotatable bonds is 4. The maximum atomic E-state index is 11.4. The summed E-state index contributed by atoms with van der Waals surface area (Å²) in [6.07, 6.45) is 0.667. The number of cyclic esters (lactones) is 1. The number of hydrogen-bond acceptors (Lipinski definition) is 7. The molecule has 2 aromatic rings. The summed E-state index contributed by atoms with van der Waals surface area (Å²) in [4.78, 5) is 11.4. The van der Waals surface area contributed by atoms with Crippen LogP contribution in [0.4, 0.5) is 0 Å². The van der Waals surface area contributed by atoms with Crippen LogP contribution in [0.5, 0.6) is 5.75 Å². The summed E-state index contributed by atoms with van der Waals surface area (Å²) in [6.45, 7) is 0.452. The number of thioether (sulfide) groups is 1. The highest BCUT2D eigenvalue weighted by atomic mass is 32.2. The van der Waals surface area contributed by atoms with Gasteiger partial charge in [-0.25, -0.2) is 0 Å². The van der Waals surface area contributed by atoms with Crippen molar-refractivity contribution in [3.05, 3.63) is 24.3 Å². The Kier molecular flexibility index (Phi) is 3.60. The summed E-state index contributed by atoms with van der Waals surface area (Å²) in [5, 5.41) is 8.04. The van der Waals surface area contributed by atoms with Crippen LogP contribution in [0.1, 0.15) is 6.42 Å². The molecule has 1 unspecified atom stereocenters. The van der Waals surface area contributed by atoms with Crippen LogP contribution in [-0.2, 0) is 9.53 Å². The second-order valence-electron chi connectivity index (χ2n) is 4.17. The number of benzene rings is 1. The Morgan fingerprint density at radius 1 is 1.40 bits per heavy atom. The zero-order valence-corrected chi connectivity index (χ0v) is 11.6. The number of carbonyl (C=O) groups is 1. The summed E-state index contributed by atoms with van der Waals surface area (Å²) in [7, 11) is 1.60. The van der Waals surface area contributed by atoms with Crippen molar-refractivity contribution in [1.29, 1.82) is 0 Å². The minimum atomic E-state index is -0.256. The van der Waals surface area contributed by atoms with Gasteiger partial charge in [0.25, 0.3) is 5.22 Å². The number of carbonyl (C=O) groups excluding carboxylic acids is 1. The van der Waals surface area contributed by atoms with Gasteiger partial charge in [-0.2, -0.15) is 0 Å². The van der Waals surface area contributed by atoms with Gasteiger partial charge in [0, 0.05) is 12.0 Å². The molecule has 1 atom stereocenters. The Hall–Kier alpha value is -2.02. The van der Waals surface area contributed by atoms with Crippen molar-refractivity contribution in [1.82, 2.24) is 10.2 Å². The highest BCUT2D eigenvalue weighted by Gasteiger charge is 2.29. The molecule has 7 heteroatoms. The lowest BCUT2D eigenvalue weighted by atomic mass is 10.2. The molecule has 1 fully saturated rings. The molecule has 3 rings (SSSR count). The van der Waals surface area contributed by atoms with Gasteiger partial charge < -0.3 is 13.9 Å². The van der Waals surface area contributed by atoms with Crippen LogP contribution in [0.15, 0.2) is 33.9 Å². The van der Waals surface area contributed by atoms with Gasteiger partial charge in [-0.15, -0.1) is 10.2 Å². The van der Waals surface area contributed by atoms with Crippen molar-refractivity contribution in [2.24, 2.45) is 0 Å². The van der Waals surface area contributed by atoms with Crippen molar-refractivity contribution in [3.8, 4) is 17.2 Å². The third-order valence-electron chi connectivity index (χ3n) is 2.85. The van der Waals surface area contributed by atoms with Crippen LogP contribution < -0.4 is 4.74 Å². The van der Waals surface area contributed by atoms with Gasteiger partial charge in [-0.3, -0.25) is 4.79 Å². The van der Waals surface area contributed by atoms with Gasteiger partial charge in [0.2, 0.25) is 5.89 Å². The van der Waals surface area contributed by atoms with Gasteiger partial charge in [-0.05, 0) is 30.0 Å². The fourth-order valence-corrected chi connectivity index (χ4v) is 2.67. The normalized spacial score (nSPS) is 18.1. The molecule has 0 amide bonds. The Bertz CT molecular complexity index is 628. The van der Waals surface area contributed by atoms with Crippen LogP contribution >= 0.6 is 11.8 Å². The van der Waals surface area contributed by atoms with Crippen LogP contribution in [-0.4, -0.2) is 35.1 Å². The SMILES string of the molecule is COc1cccc(-c2nnc(SC3CCOC3=O)o2)c1. The summed E-state index contributed by atoms with van der Waals surface area (Å²) in [5.41, 5.74) is 0.776. The fourth-order valence-electron chi connectivity index (χ4n) is 1.84.